The molecule has 2 aromatic rings. The van der Waals surface area contributed by atoms with E-state index in [9.17, 15) is 4.79 Å². The van der Waals surface area contributed by atoms with Gasteiger partial charge in [-0.1, -0.05) is 29.8 Å². The van der Waals surface area contributed by atoms with E-state index < -0.39 is 0 Å². The van der Waals surface area contributed by atoms with Crippen LogP contribution in [0.1, 0.15) is 19.5 Å². The minimum Gasteiger partial charge on any atom is -0.393 e. The average molecular weight is 310 g/mol. The van der Waals surface area contributed by atoms with Gasteiger partial charge in [-0.25, -0.2) is 4.68 Å². The maximum Gasteiger partial charge on any atom is 0.294 e. The van der Waals surface area contributed by atoms with Gasteiger partial charge in [-0.05, 0) is 36.6 Å². The summed E-state index contributed by atoms with van der Waals surface area (Å²) in [6.45, 7) is 4.18. The number of nitrogens with one attached hydrogen (secondary N) is 1. The summed E-state index contributed by atoms with van der Waals surface area (Å²) in [6.07, 6.45) is 0.768. The number of benzene rings is 1. The number of halogens is 1. The first-order valence-electron chi connectivity index (χ1n) is 5.84. The van der Waals surface area contributed by atoms with Crippen molar-refractivity contribution in [2.45, 2.75) is 20.3 Å². The Morgan fingerprint density at radius 1 is 1.33 bits per heavy atom. The summed E-state index contributed by atoms with van der Waals surface area (Å²) in [6, 6.07) is 7.50. The predicted octanol–water partition coefficient (Wildman–Crippen LogP) is 2.71. The Bertz CT molecular complexity index is 596. The number of hydrogen-bond acceptors (Lipinski definition) is 2. The number of nitrogens with zero attached hydrogens (tertiary/aromatic N) is 1. The molecule has 4 nitrogen and oxygen atoms in total. The number of aromatic nitrogens is 2. The van der Waals surface area contributed by atoms with Crippen LogP contribution < -0.4 is 11.3 Å². The van der Waals surface area contributed by atoms with E-state index in [-0.39, 0.29) is 5.56 Å². The van der Waals surface area contributed by atoms with Crippen molar-refractivity contribution in [2.75, 3.05) is 5.73 Å². The van der Waals surface area contributed by atoms with Gasteiger partial charge in [0.2, 0.25) is 0 Å². The number of anilines is 1. The first-order valence-corrected chi connectivity index (χ1v) is 6.63. The smallest absolute Gasteiger partial charge is 0.294 e. The van der Waals surface area contributed by atoms with Gasteiger partial charge < -0.3 is 5.73 Å². The zero-order valence-corrected chi connectivity index (χ0v) is 12.0. The number of aromatic amines is 1. The molecule has 0 unspecified atom stereocenters. The summed E-state index contributed by atoms with van der Waals surface area (Å²) < 4.78 is 2.46. The molecule has 0 aliphatic heterocycles. The lowest BCUT2D eigenvalue weighted by Gasteiger charge is -2.03. The van der Waals surface area contributed by atoms with E-state index in [4.69, 9.17) is 5.73 Å². The number of hydrogen-bond donors (Lipinski definition) is 2. The highest BCUT2D eigenvalue weighted by Gasteiger charge is 2.13. The number of rotatable bonds is 3. The lowest BCUT2D eigenvalue weighted by molar-refractivity contribution is 0.628. The molecule has 0 saturated carbocycles. The Balaban J connectivity index is 2.46. The summed E-state index contributed by atoms with van der Waals surface area (Å²) >= 11 is 3.37. The molecule has 1 aromatic carbocycles. The van der Waals surface area contributed by atoms with Crippen molar-refractivity contribution in [3.05, 3.63) is 44.8 Å². The molecule has 0 aliphatic carbocycles. The summed E-state index contributed by atoms with van der Waals surface area (Å²) in [5, 5.41) is 3.08. The van der Waals surface area contributed by atoms with E-state index >= 15 is 0 Å². The molecule has 0 radical (unpaired) electrons. The lowest BCUT2D eigenvalue weighted by atomic mass is 10.1. The molecule has 5 heteroatoms. The molecule has 0 saturated heterocycles. The molecule has 1 heterocycles. The van der Waals surface area contributed by atoms with Gasteiger partial charge in [-0.3, -0.25) is 9.89 Å². The summed E-state index contributed by atoms with van der Waals surface area (Å²) in [5.41, 5.74) is 7.56. The highest BCUT2D eigenvalue weighted by Crippen LogP contribution is 2.15. The van der Waals surface area contributed by atoms with E-state index in [1.807, 2.05) is 24.3 Å². The largest absolute Gasteiger partial charge is 0.393 e. The van der Waals surface area contributed by atoms with Crippen LogP contribution in [0.5, 0.6) is 0 Å². The number of nitrogens with two attached hydrogens (primary N) is 1. The second-order valence-corrected chi connectivity index (χ2v) is 5.63. The third-order valence-corrected chi connectivity index (χ3v) is 3.23. The molecule has 18 heavy (non-hydrogen) atoms. The van der Waals surface area contributed by atoms with Crippen molar-refractivity contribution in [3.63, 3.8) is 0 Å². The van der Waals surface area contributed by atoms with Crippen LogP contribution in [0.15, 0.2) is 33.5 Å². The number of H-pyrrole nitrogens is 1. The van der Waals surface area contributed by atoms with Crippen molar-refractivity contribution in [2.24, 2.45) is 5.92 Å². The van der Waals surface area contributed by atoms with Gasteiger partial charge in [0.05, 0.1) is 11.4 Å². The minimum absolute atomic E-state index is 0.187. The van der Waals surface area contributed by atoms with Crippen molar-refractivity contribution in [1.82, 2.24) is 9.78 Å². The van der Waals surface area contributed by atoms with Crippen LogP contribution in [0.2, 0.25) is 0 Å². The van der Waals surface area contributed by atoms with E-state index in [0.717, 1.165) is 22.3 Å². The van der Waals surface area contributed by atoms with Gasteiger partial charge in [0, 0.05) is 4.47 Å². The third kappa shape index (κ3) is 2.51. The Morgan fingerprint density at radius 3 is 2.50 bits per heavy atom. The third-order valence-electron chi connectivity index (χ3n) is 2.70. The zero-order valence-electron chi connectivity index (χ0n) is 10.4. The fraction of sp³-hybridized carbons (Fsp3) is 0.308. The summed E-state index contributed by atoms with van der Waals surface area (Å²) in [5.74, 6) is 0.448. The Hall–Kier alpha value is -1.49. The Labute approximate surface area is 114 Å². The zero-order chi connectivity index (χ0) is 13.3. The van der Waals surface area contributed by atoms with Crippen LogP contribution in [-0.4, -0.2) is 9.78 Å². The molecule has 96 valence electrons. The van der Waals surface area contributed by atoms with Crippen LogP contribution in [-0.2, 0) is 6.42 Å². The fourth-order valence-corrected chi connectivity index (χ4v) is 2.10. The summed E-state index contributed by atoms with van der Waals surface area (Å²) in [7, 11) is 0. The van der Waals surface area contributed by atoms with E-state index in [1.54, 1.807) is 0 Å². The van der Waals surface area contributed by atoms with Crippen LogP contribution in [0, 0.1) is 5.92 Å². The molecular weight excluding hydrogens is 294 g/mol. The predicted molar refractivity (Wildman–Crippen MR) is 77.0 cm³/mol. The van der Waals surface area contributed by atoms with Crippen LogP contribution >= 0.6 is 15.9 Å². The first kappa shape index (κ1) is 13.0. The fourth-order valence-electron chi connectivity index (χ4n) is 1.83. The maximum atomic E-state index is 12.1. The minimum atomic E-state index is -0.187. The van der Waals surface area contributed by atoms with Crippen molar-refractivity contribution in [1.29, 1.82) is 0 Å². The van der Waals surface area contributed by atoms with Crippen LogP contribution in [0.3, 0.4) is 0 Å². The van der Waals surface area contributed by atoms with Gasteiger partial charge in [-0.15, -0.1) is 0 Å². The molecule has 0 aliphatic rings. The molecule has 0 fully saturated rings. The van der Waals surface area contributed by atoms with E-state index in [0.29, 0.717) is 11.6 Å². The molecule has 0 atom stereocenters. The molecule has 1 aromatic heterocycles. The normalized spacial score (nSPS) is 11.1. The van der Waals surface area contributed by atoms with E-state index in [2.05, 4.69) is 34.9 Å². The molecule has 0 amide bonds. The van der Waals surface area contributed by atoms with Crippen molar-refractivity contribution in [3.8, 4) is 5.69 Å². The first-order chi connectivity index (χ1) is 8.49. The molecular formula is C13H16BrN3O. The lowest BCUT2D eigenvalue weighted by Crippen LogP contribution is -2.16. The van der Waals surface area contributed by atoms with Gasteiger partial charge in [-0.2, -0.15) is 0 Å². The molecule has 0 spiro atoms. The topological polar surface area (TPSA) is 63.8 Å². The van der Waals surface area contributed by atoms with E-state index in [1.165, 1.54) is 4.68 Å². The number of nitrogen functional groups attached to an aromatic ring is 1. The van der Waals surface area contributed by atoms with Crippen LogP contribution in [0.25, 0.3) is 5.69 Å². The quantitative estimate of drug-likeness (QED) is 0.915. The molecule has 0 bridgehead atoms. The monoisotopic (exact) mass is 309 g/mol. The molecule has 3 N–H and O–H groups in total. The van der Waals surface area contributed by atoms with Gasteiger partial charge in [0.25, 0.3) is 5.56 Å². The van der Waals surface area contributed by atoms with Crippen molar-refractivity contribution >= 4 is 21.6 Å². The second kappa shape index (κ2) is 5.02. The maximum absolute atomic E-state index is 12.1. The highest BCUT2D eigenvalue weighted by molar-refractivity contribution is 9.10. The highest BCUT2D eigenvalue weighted by atomic mass is 79.9. The summed E-state index contributed by atoms with van der Waals surface area (Å²) in [4.78, 5) is 12.1. The SMILES string of the molecule is CC(C)Cc1[nH]n(-c2ccc(Br)cc2)c(=O)c1N. The van der Waals surface area contributed by atoms with Gasteiger partial charge in [0.1, 0.15) is 5.69 Å². The van der Waals surface area contributed by atoms with Crippen LogP contribution in [0.4, 0.5) is 5.69 Å². The van der Waals surface area contributed by atoms with Gasteiger partial charge in [0.15, 0.2) is 0 Å². The molecule has 2 rings (SSSR count). The second-order valence-electron chi connectivity index (χ2n) is 4.72. The Morgan fingerprint density at radius 2 is 1.94 bits per heavy atom. The Kier molecular flexibility index (Phi) is 3.61. The average Bonchev–Trinajstić information content (AvgIpc) is 2.58. The standard InChI is InChI=1S/C13H16BrN3O/c1-8(2)7-11-12(15)13(18)17(16-11)10-5-3-9(14)4-6-10/h3-6,8,16H,7,15H2,1-2H3. The van der Waals surface area contributed by atoms with Crippen molar-refractivity contribution < 1.29 is 0 Å². The van der Waals surface area contributed by atoms with Gasteiger partial charge >= 0.3 is 0 Å².